The first-order chi connectivity index (χ1) is 17.7. The number of benzene rings is 1. The van der Waals surface area contributed by atoms with E-state index in [4.69, 9.17) is 9.72 Å². The number of alkyl halides is 3. The number of aryl methyl sites for hydroxylation is 2. The highest BCUT2D eigenvalue weighted by Gasteiger charge is 2.33. The van der Waals surface area contributed by atoms with Crippen LogP contribution < -0.4 is 0 Å². The fourth-order valence-corrected chi connectivity index (χ4v) is 4.89. The van der Waals surface area contributed by atoms with Crippen LogP contribution in [0.15, 0.2) is 36.7 Å². The van der Waals surface area contributed by atoms with Gasteiger partial charge in [-0.2, -0.15) is 18.3 Å². The molecule has 2 atom stereocenters. The Morgan fingerprint density at radius 2 is 1.78 bits per heavy atom. The van der Waals surface area contributed by atoms with Crippen LogP contribution in [0.4, 0.5) is 17.6 Å². The number of nitrogens with zero attached hydrogens (tertiary/aromatic N) is 5. The van der Waals surface area contributed by atoms with Gasteiger partial charge in [-0.05, 0) is 63.8 Å². The Labute approximate surface area is 210 Å². The summed E-state index contributed by atoms with van der Waals surface area (Å²) >= 11 is 0. The molecular weight excluding hydrogens is 486 g/mol. The van der Waals surface area contributed by atoms with Crippen molar-refractivity contribution in [3.8, 4) is 11.3 Å². The highest BCUT2D eigenvalue weighted by atomic mass is 19.4. The molecular formula is C27H25F4N5O. The molecule has 0 bridgehead atoms. The number of hydrogen-bond donors (Lipinski definition) is 0. The number of pyridine rings is 1. The van der Waals surface area contributed by atoms with Crippen LogP contribution in [0.1, 0.15) is 72.0 Å². The van der Waals surface area contributed by atoms with E-state index >= 15 is 4.39 Å². The molecule has 1 aromatic carbocycles. The molecule has 192 valence electrons. The van der Waals surface area contributed by atoms with Crippen molar-refractivity contribution in [2.75, 3.05) is 6.61 Å². The molecule has 0 N–H and O–H groups in total. The minimum Gasteiger partial charge on any atom is -0.373 e. The zero-order valence-corrected chi connectivity index (χ0v) is 20.4. The van der Waals surface area contributed by atoms with Gasteiger partial charge in [-0.1, -0.05) is 0 Å². The number of fused-ring (bicyclic) bond motifs is 1. The zero-order chi connectivity index (χ0) is 25.9. The van der Waals surface area contributed by atoms with Crippen LogP contribution in [-0.2, 0) is 10.9 Å². The molecule has 4 aromatic rings. The highest BCUT2D eigenvalue weighted by molar-refractivity contribution is 5.90. The van der Waals surface area contributed by atoms with Crippen LogP contribution in [-0.4, -0.2) is 31.3 Å². The van der Waals surface area contributed by atoms with Gasteiger partial charge in [0.05, 0.1) is 40.8 Å². The minimum absolute atomic E-state index is 0.00732. The second kappa shape index (κ2) is 8.86. The van der Waals surface area contributed by atoms with Crippen molar-refractivity contribution in [1.82, 2.24) is 24.7 Å². The lowest BCUT2D eigenvalue weighted by Crippen LogP contribution is -2.19. The van der Waals surface area contributed by atoms with E-state index in [0.717, 1.165) is 36.2 Å². The number of rotatable bonds is 4. The van der Waals surface area contributed by atoms with Gasteiger partial charge in [-0.25, -0.2) is 19.3 Å². The Bertz CT molecular complexity index is 1490. The molecule has 4 heterocycles. The summed E-state index contributed by atoms with van der Waals surface area (Å²) in [6.07, 6.45) is 2.73. The van der Waals surface area contributed by atoms with Crippen molar-refractivity contribution in [3.05, 3.63) is 70.7 Å². The third kappa shape index (κ3) is 4.58. The van der Waals surface area contributed by atoms with Crippen molar-refractivity contribution in [3.63, 3.8) is 0 Å². The van der Waals surface area contributed by atoms with Crippen molar-refractivity contribution >= 4 is 11.0 Å². The van der Waals surface area contributed by atoms with E-state index in [9.17, 15) is 13.2 Å². The Hall–Kier alpha value is -3.40. The molecule has 1 saturated heterocycles. The molecule has 6 nitrogen and oxygen atoms in total. The summed E-state index contributed by atoms with van der Waals surface area (Å²) < 4.78 is 62.6. The van der Waals surface area contributed by atoms with Crippen LogP contribution in [0.2, 0.25) is 0 Å². The molecule has 2 unspecified atom stereocenters. The van der Waals surface area contributed by atoms with Gasteiger partial charge in [-0.15, -0.1) is 0 Å². The predicted molar refractivity (Wildman–Crippen MR) is 128 cm³/mol. The van der Waals surface area contributed by atoms with Crippen molar-refractivity contribution < 1.29 is 22.3 Å². The van der Waals surface area contributed by atoms with Crippen LogP contribution in [0, 0.1) is 19.7 Å². The quantitative estimate of drug-likeness (QED) is 0.288. The monoisotopic (exact) mass is 511 g/mol. The van der Waals surface area contributed by atoms with Crippen molar-refractivity contribution in [2.45, 2.75) is 63.8 Å². The van der Waals surface area contributed by atoms with Gasteiger partial charge in [0.1, 0.15) is 17.0 Å². The maximum Gasteiger partial charge on any atom is 0.416 e. The average molecular weight is 512 g/mol. The first-order valence-electron chi connectivity index (χ1n) is 12.4. The minimum atomic E-state index is -4.64. The molecule has 3 aromatic heterocycles. The third-order valence-corrected chi connectivity index (χ3v) is 7.25. The van der Waals surface area contributed by atoms with E-state index in [1.54, 1.807) is 6.92 Å². The van der Waals surface area contributed by atoms with Crippen molar-refractivity contribution in [2.24, 2.45) is 0 Å². The molecule has 10 heteroatoms. The number of hydrogen-bond acceptors (Lipinski definition) is 5. The fraction of sp³-hybridized carbons (Fsp3) is 0.407. The number of halogens is 4. The summed E-state index contributed by atoms with van der Waals surface area (Å²) in [7, 11) is 0. The topological polar surface area (TPSA) is 65.7 Å². The Morgan fingerprint density at radius 1 is 1.00 bits per heavy atom. The van der Waals surface area contributed by atoms with Crippen molar-refractivity contribution in [1.29, 1.82) is 0 Å². The Morgan fingerprint density at radius 3 is 2.51 bits per heavy atom. The smallest absolute Gasteiger partial charge is 0.373 e. The summed E-state index contributed by atoms with van der Waals surface area (Å²) in [6.45, 7) is 4.14. The molecule has 1 aliphatic heterocycles. The van der Waals surface area contributed by atoms with Gasteiger partial charge in [0.15, 0.2) is 0 Å². The summed E-state index contributed by atoms with van der Waals surface area (Å²) in [6, 6.07) is 4.84. The molecule has 2 aliphatic rings. The lowest BCUT2D eigenvalue weighted by Gasteiger charge is -2.29. The normalized spacial score (nSPS) is 20.5. The molecule has 0 spiro atoms. The summed E-state index contributed by atoms with van der Waals surface area (Å²) in [5.74, 6) is -1.01. The van der Waals surface area contributed by atoms with Gasteiger partial charge < -0.3 is 4.74 Å². The van der Waals surface area contributed by atoms with Gasteiger partial charge in [-0.3, -0.25) is 4.68 Å². The van der Waals surface area contributed by atoms with Crippen LogP contribution in [0.5, 0.6) is 0 Å². The largest absolute Gasteiger partial charge is 0.416 e. The fourth-order valence-electron chi connectivity index (χ4n) is 4.89. The molecule has 1 aliphatic carbocycles. The van der Waals surface area contributed by atoms with Gasteiger partial charge in [0.2, 0.25) is 0 Å². The van der Waals surface area contributed by atoms with E-state index in [1.807, 2.05) is 30.1 Å². The molecule has 1 saturated carbocycles. The molecule has 0 amide bonds. The van der Waals surface area contributed by atoms with E-state index in [2.05, 4.69) is 15.1 Å². The average Bonchev–Trinajstić information content (AvgIpc) is 3.60. The summed E-state index contributed by atoms with van der Waals surface area (Å²) in [5, 5.41) is 4.48. The maximum absolute atomic E-state index is 15.1. The lowest BCUT2D eigenvalue weighted by atomic mass is 9.89. The first-order valence-corrected chi connectivity index (χ1v) is 12.4. The Kier molecular flexibility index (Phi) is 5.74. The van der Waals surface area contributed by atoms with E-state index in [-0.39, 0.29) is 23.3 Å². The second-order valence-electron chi connectivity index (χ2n) is 9.92. The number of aromatic nitrogens is 5. The molecule has 6 rings (SSSR count). The molecule has 37 heavy (non-hydrogen) atoms. The summed E-state index contributed by atoms with van der Waals surface area (Å²) in [4.78, 5) is 14.0. The lowest BCUT2D eigenvalue weighted by molar-refractivity contribution is -0.137. The van der Waals surface area contributed by atoms with Crippen LogP contribution in [0.3, 0.4) is 0 Å². The van der Waals surface area contributed by atoms with Gasteiger partial charge >= 0.3 is 6.18 Å². The zero-order valence-electron chi connectivity index (χ0n) is 20.4. The first kappa shape index (κ1) is 24.0. The van der Waals surface area contributed by atoms with Crippen LogP contribution in [0.25, 0.3) is 22.3 Å². The van der Waals surface area contributed by atoms with E-state index in [0.29, 0.717) is 54.0 Å². The maximum atomic E-state index is 15.1. The van der Waals surface area contributed by atoms with Gasteiger partial charge in [0, 0.05) is 35.5 Å². The van der Waals surface area contributed by atoms with E-state index in [1.165, 1.54) is 0 Å². The molecule has 0 radical (unpaired) electrons. The van der Waals surface area contributed by atoms with Gasteiger partial charge in [0.25, 0.3) is 0 Å². The summed E-state index contributed by atoms with van der Waals surface area (Å²) in [5.41, 5.74) is 3.08. The Balaban J connectivity index is 1.41. The van der Waals surface area contributed by atoms with Crippen LogP contribution >= 0.6 is 0 Å². The predicted octanol–water partition coefficient (Wildman–Crippen LogP) is 6.63. The standard InChI is InChI=1S/C27H25F4N5O/c1-14-15(2)34-26-23(33-14)11-22(35-25(26)20-6-3-18(10-21(20)28)27(29,30)31)16-7-8-37-24(9-16)17-12-32-36(13-17)19-4-5-19/h3,6,10-13,16,19,24H,4-5,7-9H2,1-2H3. The SMILES string of the molecule is Cc1nc2cc(C3CCOC(c4cnn(C5CC5)c4)C3)nc(-c3ccc(C(F)(F)F)cc3F)c2nc1C. The second-order valence-corrected chi connectivity index (χ2v) is 9.92. The highest BCUT2D eigenvalue weighted by Crippen LogP contribution is 2.41. The molecule has 2 fully saturated rings. The van der Waals surface area contributed by atoms with E-state index < -0.39 is 17.6 Å². The number of ether oxygens (including phenoxy) is 1. The third-order valence-electron chi connectivity index (χ3n) is 7.25.